The third kappa shape index (κ3) is 3.90. The summed E-state index contributed by atoms with van der Waals surface area (Å²) in [6.45, 7) is 1.62. The second-order valence-corrected chi connectivity index (χ2v) is 7.87. The molecule has 0 saturated heterocycles. The molecular formula is C20H14ClF3N4OS. The van der Waals surface area contributed by atoms with Gasteiger partial charge in [-0.05, 0) is 42.6 Å². The molecule has 4 rings (SSSR count). The first-order valence-corrected chi connectivity index (χ1v) is 10.0. The van der Waals surface area contributed by atoms with Crippen LogP contribution in [0.5, 0.6) is 0 Å². The normalized spacial score (nSPS) is 11.8. The molecule has 0 radical (unpaired) electrons. The van der Waals surface area contributed by atoms with E-state index in [0.717, 1.165) is 28.0 Å². The number of thiophene rings is 1. The van der Waals surface area contributed by atoms with Gasteiger partial charge in [0.1, 0.15) is 6.54 Å². The Bertz CT molecular complexity index is 1240. The molecule has 0 spiro atoms. The highest BCUT2D eigenvalue weighted by molar-refractivity contribution is 7.13. The number of anilines is 1. The summed E-state index contributed by atoms with van der Waals surface area (Å²) in [6.07, 6.45) is -2.98. The molecule has 5 nitrogen and oxygen atoms in total. The van der Waals surface area contributed by atoms with Gasteiger partial charge < -0.3 is 5.32 Å². The van der Waals surface area contributed by atoms with Gasteiger partial charge in [0.2, 0.25) is 5.91 Å². The van der Waals surface area contributed by atoms with Crippen LogP contribution in [0.2, 0.25) is 5.02 Å². The Kier molecular flexibility index (Phi) is 5.25. The van der Waals surface area contributed by atoms with Crippen molar-refractivity contribution in [1.29, 1.82) is 0 Å². The maximum atomic E-state index is 13.0. The van der Waals surface area contributed by atoms with Crippen LogP contribution in [0.15, 0.2) is 48.0 Å². The van der Waals surface area contributed by atoms with Crippen molar-refractivity contribution in [3.63, 3.8) is 0 Å². The zero-order valence-corrected chi connectivity index (χ0v) is 17.1. The molecule has 1 aromatic carbocycles. The monoisotopic (exact) mass is 450 g/mol. The Morgan fingerprint density at radius 1 is 1.27 bits per heavy atom. The average molecular weight is 451 g/mol. The molecule has 0 aliphatic carbocycles. The standard InChI is InChI=1S/C20H14ClF3N4OS/c1-11-18-13(16-3-2-8-30-16)6-7-25-19(18)28(27-11)10-17(29)26-12-4-5-15(21)14(9-12)20(22,23)24/h2-9H,10H2,1H3,(H,26,29). The quantitative estimate of drug-likeness (QED) is 0.429. The van der Waals surface area contributed by atoms with Crippen molar-refractivity contribution in [3.05, 3.63) is 64.3 Å². The summed E-state index contributed by atoms with van der Waals surface area (Å²) in [4.78, 5) is 17.9. The predicted molar refractivity (Wildman–Crippen MR) is 111 cm³/mol. The van der Waals surface area contributed by atoms with Crippen LogP contribution >= 0.6 is 22.9 Å². The summed E-state index contributed by atoms with van der Waals surface area (Å²) >= 11 is 7.20. The molecule has 0 saturated carbocycles. The number of hydrogen-bond donors (Lipinski definition) is 1. The molecule has 1 amide bonds. The molecule has 154 valence electrons. The number of hydrogen-bond acceptors (Lipinski definition) is 4. The Labute approximate surface area is 178 Å². The minimum absolute atomic E-state index is 0.00265. The second kappa shape index (κ2) is 7.73. The number of halogens is 4. The molecule has 0 fully saturated rings. The number of alkyl halides is 3. The lowest BCUT2D eigenvalue weighted by Gasteiger charge is -2.12. The van der Waals surface area contributed by atoms with Gasteiger partial charge in [-0.3, -0.25) is 4.79 Å². The summed E-state index contributed by atoms with van der Waals surface area (Å²) < 4.78 is 40.5. The van der Waals surface area contributed by atoms with Crippen LogP contribution in [-0.2, 0) is 17.5 Å². The number of carbonyl (C=O) groups is 1. The Balaban J connectivity index is 1.61. The van der Waals surface area contributed by atoms with E-state index in [1.807, 2.05) is 30.5 Å². The van der Waals surface area contributed by atoms with Gasteiger partial charge in [0.25, 0.3) is 0 Å². The van der Waals surface area contributed by atoms with Crippen molar-refractivity contribution in [2.24, 2.45) is 0 Å². The number of rotatable bonds is 4. The number of nitrogens with one attached hydrogen (secondary N) is 1. The molecule has 30 heavy (non-hydrogen) atoms. The maximum absolute atomic E-state index is 13.0. The van der Waals surface area contributed by atoms with Crippen molar-refractivity contribution < 1.29 is 18.0 Å². The number of nitrogens with zero attached hydrogens (tertiary/aromatic N) is 3. The van der Waals surface area contributed by atoms with Crippen molar-refractivity contribution in [3.8, 4) is 10.4 Å². The fraction of sp³-hybridized carbons (Fsp3) is 0.150. The zero-order valence-electron chi connectivity index (χ0n) is 15.5. The highest BCUT2D eigenvalue weighted by Crippen LogP contribution is 2.36. The highest BCUT2D eigenvalue weighted by atomic mass is 35.5. The predicted octanol–water partition coefficient (Wildman–Crippen LogP) is 5.78. The van der Waals surface area contributed by atoms with Crippen LogP contribution in [-0.4, -0.2) is 20.7 Å². The van der Waals surface area contributed by atoms with Gasteiger partial charge in [0.15, 0.2) is 5.65 Å². The Morgan fingerprint density at radius 2 is 2.07 bits per heavy atom. The second-order valence-electron chi connectivity index (χ2n) is 6.52. The van der Waals surface area contributed by atoms with E-state index in [1.54, 1.807) is 17.5 Å². The smallest absolute Gasteiger partial charge is 0.324 e. The first-order chi connectivity index (χ1) is 14.2. The van der Waals surface area contributed by atoms with Crippen molar-refractivity contribution in [2.45, 2.75) is 19.6 Å². The van der Waals surface area contributed by atoms with E-state index in [9.17, 15) is 18.0 Å². The summed E-state index contributed by atoms with van der Waals surface area (Å²) in [5.41, 5.74) is 1.19. The first kappa shape index (κ1) is 20.4. The van der Waals surface area contributed by atoms with E-state index in [4.69, 9.17) is 11.6 Å². The lowest BCUT2D eigenvalue weighted by atomic mass is 10.1. The summed E-state index contributed by atoms with van der Waals surface area (Å²) in [5, 5.41) is 9.24. The molecule has 0 atom stereocenters. The summed E-state index contributed by atoms with van der Waals surface area (Å²) in [7, 11) is 0. The fourth-order valence-corrected chi connectivity index (χ4v) is 4.17. The van der Waals surface area contributed by atoms with Gasteiger partial charge in [-0.2, -0.15) is 18.3 Å². The largest absolute Gasteiger partial charge is 0.417 e. The van der Waals surface area contributed by atoms with Gasteiger partial charge in [-0.25, -0.2) is 9.67 Å². The van der Waals surface area contributed by atoms with Crippen molar-refractivity contribution >= 4 is 45.6 Å². The molecule has 0 aliphatic rings. The van der Waals surface area contributed by atoms with E-state index in [2.05, 4.69) is 15.4 Å². The third-order valence-corrected chi connectivity index (χ3v) is 5.68. The Morgan fingerprint density at radius 3 is 2.77 bits per heavy atom. The number of benzene rings is 1. The molecular weight excluding hydrogens is 437 g/mol. The molecule has 1 N–H and O–H groups in total. The van der Waals surface area contributed by atoms with Crippen molar-refractivity contribution in [1.82, 2.24) is 14.8 Å². The van der Waals surface area contributed by atoms with Gasteiger partial charge >= 0.3 is 6.18 Å². The van der Waals surface area contributed by atoms with Crippen LogP contribution in [0.25, 0.3) is 21.5 Å². The molecule has 10 heteroatoms. The van der Waals surface area contributed by atoms with Gasteiger partial charge in [-0.15, -0.1) is 11.3 Å². The first-order valence-electron chi connectivity index (χ1n) is 8.76. The van der Waals surface area contributed by atoms with E-state index in [0.29, 0.717) is 11.3 Å². The molecule has 0 aliphatic heterocycles. The van der Waals surface area contributed by atoms with Crippen LogP contribution in [0.4, 0.5) is 18.9 Å². The SMILES string of the molecule is Cc1nn(CC(=O)Nc2ccc(Cl)c(C(F)(F)F)c2)c2nccc(-c3cccs3)c12. The summed E-state index contributed by atoms with van der Waals surface area (Å²) in [6, 6.07) is 9.04. The number of pyridine rings is 1. The third-order valence-electron chi connectivity index (χ3n) is 4.44. The van der Waals surface area contributed by atoms with E-state index < -0.39 is 22.7 Å². The number of carbonyl (C=O) groups excluding carboxylic acids is 1. The van der Waals surface area contributed by atoms with Crippen LogP contribution < -0.4 is 5.32 Å². The van der Waals surface area contributed by atoms with Gasteiger partial charge in [-0.1, -0.05) is 17.7 Å². The average Bonchev–Trinajstić information content (AvgIpc) is 3.31. The molecule has 4 aromatic rings. The zero-order chi connectivity index (χ0) is 21.5. The maximum Gasteiger partial charge on any atom is 0.417 e. The summed E-state index contributed by atoms with van der Waals surface area (Å²) in [5.74, 6) is -0.529. The van der Waals surface area contributed by atoms with Gasteiger partial charge in [0, 0.05) is 22.3 Å². The molecule has 3 heterocycles. The number of aromatic nitrogens is 3. The topological polar surface area (TPSA) is 59.8 Å². The fourth-order valence-electron chi connectivity index (χ4n) is 3.19. The van der Waals surface area contributed by atoms with E-state index in [-0.39, 0.29) is 12.2 Å². The molecule has 3 aromatic heterocycles. The lowest BCUT2D eigenvalue weighted by Crippen LogP contribution is -2.20. The van der Waals surface area contributed by atoms with E-state index >= 15 is 0 Å². The van der Waals surface area contributed by atoms with Crippen LogP contribution in [0, 0.1) is 6.92 Å². The van der Waals surface area contributed by atoms with Crippen molar-refractivity contribution in [2.75, 3.05) is 5.32 Å². The van der Waals surface area contributed by atoms with E-state index in [1.165, 1.54) is 10.7 Å². The lowest BCUT2D eigenvalue weighted by molar-refractivity contribution is -0.137. The minimum Gasteiger partial charge on any atom is -0.324 e. The van der Waals surface area contributed by atoms with Gasteiger partial charge in [0.05, 0.1) is 21.7 Å². The molecule has 0 bridgehead atoms. The van der Waals surface area contributed by atoms with Crippen LogP contribution in [0.1, 0.15) is 11.3 Å². The minimum atomic E-state index is -4.62. The molecule has 0 unspecified atom stereocenters. The highest BCUT2D eigenvalue weighted by Gasteiger charge is 2.33. The van der Waals surface area contributed by atoms with Crippen LogP contribution in [0.3, 0.4) is 0 Å². The number of fused-ring (bicyclic) bond motifs is 1. The number of aryl methyl sites for hydroxylation is 1. The Hall–Kier alpha value is -2.91. The number of amides is 1.